The number of benzene rings is 1. The molecule has 0 atom stereocenters. The second-order valence-electron chi connectivity index (χ2n) is 6.11. The molecule has 1 saturated heterocycles. The molecule has 3 rings (SSSR count). The molecule has 0 spiro atoms. The molecule has 2 aromatic rings. The van der Waals surface area contributed by atoms with Crippen LogP contribution in [0.1, 0.15) is 18.6 Å². The van der Waals surface area contributed by atoms with E-state index in [0.29, 0.717) is 26.3 Å². The number of thiocarbonyl (C=S) groups is 1. The van der Waals surface area contributed by atoms with Gasteiger partial charge in [-0.3, -0.25) is 14.5 Å². The molecule has 1 aliphatic heterocycles. The number of rotatable bonds is 7. The number of hydrogen-bond acceptors (Lipinski definition) is 6. The number of carboxylic acid groups (broad SMARTS) is 1. The van der Waals surface area contributed by atoms with Gasteiger partial charge in [0, 0.05) is 24.6 Å². The van der Waals surface area contributed by atoms with Crippen LogP contribution in [0, 0.1) is 0 Å². The zero-order valence-electron chi connectivity index (χ0n) is 15.1. The third-order valence-corrected chi connectivity index (χ3v) is 5.28. The van der Waals surface area contributed by atoms with Gasteiger partial charge in [-0.2, -0.15) is 0 Å². The molecule has 11 heteroatoms. The van der Waals surface area contributed by atoms with Gasteiger partial charge in [0.15, 0.2) is 0 Å². The fourth-order valence-electron chi connectivity index (χ4n) is 2.64. The van der Waals surface area contributed by atoms with Crippen LogP contribution in [0.4, 0.5) is 13.2 Å². The number of thioether (sulfide) groups is 1. The Labute approximate surface area is 178 Å². The van der Waals surface area contributed by atoms with Gasteiger partial charge in [0.25, 0.3) is 5.91 Å². The summed E-state index contributed by atoms with van der Waals surface area (Å²) in [5.74, 6) is -1.07. The first-order chi connectivity index (χ1) is 14.1. The molecule has 1 aromatic carbocycles. The zero-order valence-corrected chi connectivity index (χ0v) is 16.8. The summed E-state index contributed by atoms with van der Waals surface area (Å²) in [4.78, 5) is 24.7. The largest absolute Gasteiger partial charge is 0.573 e. The van der Waals surface area contributed by atoms with Gasteiger partial charge in [-0.1, -0.05) is 36.1 Å². The lowest BCUT2D eigenvalue weighted by atomic mass is 10.1. The summed E-state index contributed by atoms with van der Waals surface area (Å²) in [6.45, 7) is 0.198. The van der Waals surface area contributed by atoms with Crippen molar-refractivity contribution in [3.05, 3.63) is 47.1 Å². The topological polar surface area (TPSA) is 80.0 Å². The molecule has 1 aromatic heterocycles. The van der Waals surface area contributed by atoms with Gasteiger partial charge < -0.3 is 14.3 Å². The summed E-state index contributed by atoms with van der Waals surface area (Å²) >= 11 is 6.24. The van der Waals surface area contributed by atoms with Crippen LogP contribution in [0.25, 0.3) is 17.4 Å². The van der Waals surface area contributed by atoms with Gasteiger partial charge in [0.2, 0.25) is 0 Å². The van der Waals surface area contributed by atoms with Crippen LogP contribution in [-0.4, -0.2) is 39.1 Å². The second-order valence-corrected chi connectivity index (χ2v) is 7.78. The molecule has 2 heterocycles. The molecular formula is C19H14F3NO5S2. The number of furan rings is 1. The third-order valence-electron chi connectivity index (χ3n) is 3.90. The van der Waals surface area contributed by atoms with Crippen LogP contribution in [0.3, 0.4) is 0 Å². The number of hydrogen-bond donors (Lipinski definition) is 1. The molecule has 0 bridgehead atoms. The van der Waals surface area contributed by atoms with Crippen LogP contribution in [-0.2, 0) is 9.59 Å². The first-order valence-electron chi connectivity index (χ1n) is 8.55. The number of nitrogens with zero attached hydrogens (tertiary/aromatic N) is 1. The van der Waals surface area contributed by atoms with E-state index >= 15 is 0 Å². The highest BCUT2D eigenvalue weighted by atomic mass is 32.2. The van der Waals surface area contributed by atoms with Gasteiger partial charge in [0.1, 0.15) is 21.6 Å². The van der Waals surface area contributed by atoms with Crippen molar-refractivity contribution in [1.82, 2.24) is 4.90 Å². The van der Waals surface area contributed by atoms with E-state index in [2.05, 4.69) is 4.74 Å². The van der Waals surface area contributed by atoms with Crippen LogP contribution >= 0.6 is 24.0 Å². The minimum Gasteiger partial charge on any atom is -0.481 e. The minimum absolute atomic E-state index is 0.0746. The number of halogens is 3. The van der Waals surface area contributed by atoms with Crippen molar-refractivity contribution in [2.75, 3.05) is 6.54 Å². The average molecular weight is 457 g/mol. The van der Waals surface area contributed by atoms with Crippen molar-refractivity contribution >= 4 is 46.3 Å². The fourth-order valence-corrected chi connectivity index (χ4v) is 3.93. The lowest BCUT2D eigenvalue weighted by molar-refractivity contribution is -0.274. The number of alkyl halides is 3. The van der Waals surface area contributed by atoms with Crippen molar-refractivity contribution in [3.8, 4) is 17.1 Å². The van der Waals surface area contributed by atoms with E-state index in [-0.39, 0.29) is 31.0 Å². The van der Waals surface area contributed by atoms with E-state index in [4.69, 9.17) is 21.7 Å². The number of carbonyl (C=O) groups excluding carboxylic acids is 1. The van der Waals surface area contributed by atoms with Crippen molar-refractivity contribution < 1.29 is 37.0 Å². The highest BCUT2D eigenvalue weighted by molar-refractivity contribution is 8.26. The number of carboxylic acids is 1. The molecule has 1 fully saturated rings. The smallest absolute Gasteiger partial charge is 0.481 e. The molecule has 1 aliphatic rings. The predicted octanol–water partition coefficient (Wildman–Crippen LogP) is 4.91. The molecule has 0 radical (unpaired) electrons. The molecule has 0 unspecified atom stereocenters. The highest BCUT2D eigenvalue weighted by Gasteiger charge is 2.32. The summed E-state index contributed by atoms with van der Waals surface area (Å²) in [6, 6.07) is 8.47. The second kappa shape index (κ2) is 8.92. The van der Waals surface area contributed by atoms with Gasteiger partial charge in [-0.25, -0.2) is 0 Å². The monoisotopic (exact) mass is 457 g/mol. The van der Waals surface area contributed by atoms with Crippen LogP contribution in [0.5, 0.6) is 5.75 Å². The Balaban J connectivity index is 1.73. The van der Waals surface area contributed by atoms with Crippen LogP contribution < -0.4 is 4.74 Å². The Bertz CT molecular complexity index is 1020. The molecule has 158 valence electrons. The van der Waals surface area contributed by atoms with E-state index in [0.717, 1.165) is 11.8 Å². The Kier molecular flexibility index (Phi) is 6.52. The highest BCUT2D eigenvalue weighted by Crippen LogP contribution is 2.34. The van der Waals surface area contributed by atoms with Crippen LogP contribution in [0.15, 0.2) is 45.7 Å². The lowest BCUT2D eigenvalue weighted by Crippen LogP contribution is -2.29. The predicted molar refractivity (Wildman–Crippen MR) is 108 cm³/mol. The minimum atomic E-state index is -4.80. The van der Waals surface area contributed by atoms with E-state index in [9.17, 15) is 22.8 Å². The zero-order chi connectivity index (χ0) is 21.9. The Morgan fingerprint density at radius 1 is 1.30 bits per heavy atom. The van der Waals surface area contributed by atoms with Gasteiger partial charge in [0.05, 0.1) is 4.91 Å². The molecule has 6 nitrogen and oxygen atoms in total. The summed E-state index contributed by atoms with van der Waals surface area (Å²) in [7, 11) is 0. The molecule has 1 N–H and O–H groups in total. The number of aliphatic carboxylic acids is 1. The van der Waals surface area contributed by atoms with Gasteiger partial charge in [-0.05, 0) is 30.7 Å². The molecular weight excluding hydrogens is 443 g/mol. The molecule has 0 saturated carbocycles. The van der Waals surface area contributed by atoms with Crippen LogP contribution in [0.2, 0.25) is 0 Å². The maximum absolute atomic E-state index is 12.5. The normalized spacial score (nSPS) is 15.8. The first kappa shape index (κ1) is 21.9. The maximum Gasteiger partial charge on any atom is 0.573 e. The third kappa shape index (κ3) is 5.63. The van der Waals surface area contributed by atoms with E-state index < -0.39 is 12.3 Å². The Morgan fingerprint density at radius 2 is 2.07 bits per heavy atom. The average Bonchev–Trinajstić information content (AvgIpc) is 3.20. The van der Waals surface area contributed by atoms with Crippen molar-refractivity contribution in [1.29, 1.82) is 0 Å². The quantitative estimate of drug-likeness (QED) is 0.467. The number of ether oxygens (including phenoxy) is 1. The maximum atomic E-state index is 12.5. The summed E-state index contributed by atoms with van der Waals surface area (Å²) in [5.41, 5.74) is 0.373. The molecule has 1 amide bonds. The lowest BCUT2D eigenvalue weighted by Gasteiger charge is -2.13. The SMILES string of the molecule is O=C(O)CCCN1C(=O)/C(=C\c2ccc(-c3cccc(OC(F)(F)F)c3)o2)SC1=S. The van der Waals surface area contributed by atoms with Crippen molar-refractivity contribution in [3.63, 3.8) is 0 Å². The molecule has 30 heavy (non-hydrogen) atoms. The fraction of sp³-hybridized carbons (Fsp3) is 0.211. The van der Waals surface area contributed by atoms with E-state index in [1.54, 1.807) is 18.2 Å². The first-order valence-corrected chi connectivity index (χ1v) is 9.78. The standard InChI is InChI=1S/C19H14F3NO5S2/c20-19(21,22)28-13-4-1-3-11(9-13)14-7-6-12(27-14)10-15-17(26)23(18(29)30-15)8-2-5-16(24)25/h1,3-4,6-7,9-10H,2,5,8H2,(H,24,25)/b15-10+. The van der Waals surface area contributed by atoms with Gasteiger partial charge in [-0.15, -0.1) is 13.2 Å². The van der Waals surface area contributed by atoms with E-state index in [1.807, 2.05) is 0 Å². The van der Waals surface area contributed by atoms with Gasteiger partial charge >= 0.3 is 12.3 Å². The van der Waals surface area contributed by atoms with Crippen molar-refractivity contribution in [2.24, 2.45) is 0 Å². The van der Waals surface area contributed by atoms with E-state index in [1.165, 1.54) is 29.2 Å². The Morgan fingerprint density at radius 3 is 2.77 bits per heavy atom. The summed E-state index contributed by atoms with van der Waals surface area (Å²) < 4.78 is 47.0. The summed E-state index contributed by atoms with van der Waals surface area (Å²) in [5, 5.41) is 8.71. The van der Waals surface area contributed by atoms with Crippen molar-refractivity contribution in [2.45, 2.75) is 19.2 Å². The Hall–Kier alpha value is -2.79. The molecule has 0 aliphatic carbocycles. The number of carbonyl (C=O) groups is 2. The number of amides is 1. The summed E-state index contributed by atoms with van der Waals surface area (Å²) in [6.07, 6.45) is -3.12.